The van der Waals surface area contributed by atoms with E-state index in [0.29, 0.717) is 23.4 Å². The van der Waals surface area contributed by atoms with Crippen LogP contribution in [0.5, 0.6) is 0 Å². The lowest BCUT2D eigenvalue weighted by molar-refractivity contribution is -0.116. The zero-order valence-corrected chi connectivity index (χ0v) is 14.0. The summed E-state index contributed by atoms with van der Waals surface area (Å²) in [5.74, 6) is -2.06. The number of amides is 3. The number of carbonyl (C=O) groups is 2. The largest absolute Gasteiger partial charge is 0.335 e. The van der Waals surface area contributed by atoms with Crippen molar-refractivity contribution < 1.29 is 18.4 Å². The molecule has 0 aromatic heterocycles. The summed E-state index contributed by atoms with van der Waals surface area (Å²) in [7, 11) is 0. The Hall–Kier alpha value is -2.96. The van der Waals surface area contributed by atoms with Crippen LogP contribution in [0.25, 0.3) is 0 Å². The molecule has 0 spiro atoms. The van der Waals surface area contributed by atoms with Crippen molar-refractivity contribution in [3.8, 4) is 0 Å². The van der Waals surface area contributed by atoms with Gasteiger partial charge in [0.1, 0.15) is 0 Å². The molecule has 0 unspecified atom stereocenters. The van der Waals surface area contributed by atoms with Gasteiger partial charge in [0.2, 0.25) is 5.91 Å². The molecule has 26 heavy (non-hydrogen) atoms. The van der Waals surface area contributed by atoms with Crippen LogP contribution in [-0.2, 0) is 11.2 Å². The van der Waals surface area contributed by atoms with Gasteiger partial charge in [-0.1, -0.05) is 6.07 Å². The molecule has 2 aromatic rings. The Labute approximate surface area is 149 Å². The molecule has 7 heteroatoms. The number of hydrogen-bond acceptors (Lipinski definition) is 2. The molecule has 2 aromatic carbocycles. The molecule has 1 saturated carbocycles. The lowest BCUT2D eigenvalue weighted by Crippen LogP contribution is -2.30. The number of urea groups is 1. The second kappa shape index (κ2) is 7.95. The average Bonchev–Trinajstić information content (AvgIpc) is 3.41. The van der Waals surface area contributed by atoms with Gasteiger partial charge in [-0.15, -0.1) is 0 Å². The minimum Gasteiger partial charge on any atom is -0.335 e. The number of halogens is 2. The van der Waals surface area contributed by atoms with Crippen LogP contribution < -0.4 is 16.0 Å². The topological polar surface area (TPSA) is 70.2 Å². The molecule has 0 bridgehead atoms. The van der Waals surface area contributed by atoms with Crippen LogP contribution in [0.2, 0.25) is 0 Å². The Kier molecular flexibility index (Phi) is 5.46. The maximum absolute atomic E-state index is 13.1. The van der Waals surface area contributed by atoms with Crippen molar-refractivity contribution in [3.05, 3.63) is 59.7 Å². The van der Waals surface area contributed by atoms with Gasteiger partial charge in [-0.2, -0.15) is 0 Å². The standard InChI is InChI=1S/C19H19F2N3O2/c20-16-9-1-12(11-17(16)21)2-10-18(25)22-13-3-5-14(6-4-13)23-19(26)24-15-7-8-15/h1,3-6,9,11,15H,2,7-8,10H2,(H,22,25)(H2,23,24,26). The summed E-state index contributed by atoms with van der Waals surface area (Å²) in [6.07, 6.45) is 2.49. The molecule has 1 aliphatic rings. The summed E-state index contributed by atoms with van der Waals surface area (Å²) < 4.78 is 26.0. The Morgan fingerprint density at radius 2 is 1.58 bits per heavy atom. The van der Waals surface area contributed by atoms with E-state index in [1.54, 1.807) is 24.3 Å². The van der Waals surface area contributed by atoms with Crippen molar-refractivity contribution in [2.45, 2.75) is 31.7 Å². The zero-order chi connectivity index (χ0) is 18.5. The van der Waals surface area contributed by atoms with Crippen molar-refractivity contribution in [1.29, 1.82) is 0 Å². The molecule has 5 nitrogen and oxygen atoms in total. The number of anilines is 2. The third kappa shape index (κ3) is 5.27. The smallest absolute Gasteiger partial charge is 0.319 e. The van der Waals surface area contributed by atoms with Crippen LogP contribution in [0.1, 0.15) is 24.8 Å². The summed E-state index contributed by atoms with van der Waals surface area (Å²) in [5.41, 5.74) is 1.77. The van der Waals surface area contributed by atoms with E-state index in [-0.39, 0.29) is 24.4 Å². The normalized spacial score (nSPS) is 13.2. The van der Waals surface area contributed by atoms with E-state index in [1.807, 2.05) is 0 Å². The lowest BCUT2D eigenvalue weighted by Gasteiger charge is -2.09. The van der Waals surface area contributed by atoms with E-state index >= 15 is 0 Å². The fraction of sp³-hybridized carbons (Fsp3) is 0.263. The summed E-state index contributed by atoms with van der Waals surface area (Å²) in [6, 6.07) is 10.4. The van der Waals surface area contributed by atoms with Gasteiger partial charge >= 0.3 is 6.03 Å². The first kappa shape index (κ1) is 17.8. The van der Waals surface area contributed by atoms with Gasteiger partial charge in [-0.25, -0.2) is 13.6 Å². The number of rotatable bonds is 6. The molecule has 0 saturated heterocycles. The van der Waals surface area contributed by atoms with E-state index in [9.17, 15) is 18.4 Å². The summed E-state index contributed by atoms with van der Waals surface area (Å²) >= 11 is 0. The van der Waals surface area contributed by atoms with Gasteiger partial charge in [0.05, 0.1) is 0 Å². The van der Waals surface area contributed by atoms with Crippen molar-refractivity contribution in [3.63, 3.8) is 0 Å². The highest BCUT2D eigenvalue weighted by Gasteiger charge is 2.23. The highest BCUT2D eigenvalue weighted by Crippen LogP contribution is 2.19. The van der Waals surface area contributed by atoms with Crippen LogP contribution in [0.15, 0.2) is 42.5 Å². The molecule has 136 valence electrons. The van der Waals surface area contributed by atoms with Crippen molar-refractivity contribution in [2.75, 3.05) is 10.6 Å². The summed E-state index contributed by atoms with van der Waals surface area (Å²) in [4.78, 5) is 23.6. The number of benzene rings is 2. The lowest BCUT2D eigenvalue weighted by atomic mass is 10.1. The molecule has 1 aliphatic carbocycles. The van der Waals surface area contributed by atoms with Gasteiger partial charge in [0, 0.05) is 23.8 Å². The zero-order valence-electron chi connectivity index (χ0n) is 14.0. The van der Waals surface area contributed by atoms with E-state index in [2.05, 4.69) is 16.0 Å². The van der Waals surface area contributed by atoms with Gasteiger partial charge in [-0.05, 0) is 61.2 Å². The van der Waals surface area contributed by atoms with Gasteiger partial charge in [0.15, 0.2) is 11.6 Å². The predicted octanol–water partition coefficient (Wildman–Crippen LogP) is 3.82. The van der Waals surface area contributed by atoms with E-state index in [4.69, 9.17) is 0 Å². The third-order valence-electron chi connectivity index (χ3n) is 3.96. The van der Waals surface area contributed by atoms with Crippen LogP contribution >= 0.6 is 0 Å². The molecule has 3 rings (SSSR count). The van der Waals surface area contributed by atoms with Crippen LogP contribution in [0.4, 0.5) is 25.0 Å². The van der Waals surface area contributed by atoms with Crippen LogP contribution in [-0.4, -0.2) is 18.0 Å². The quantitative estimate of drug-likeness (QED) is 0.734. The Morgan fingerprint density at radius 1 is 0.923 bits per heavy atom. The number of hydrogen-bond donors (Lipinski definition) is 3. The highest BCUT2D eigenvalue weighted by atomic mass is 19.2. The molecule has 0 atom stereocenters. The number of nitrogens with one attached hydrogen (secondary N) is 3. The van der Waals surface area contributed by atoms with Crippen molar-refractivity contribution >= 4 is 23.3 Å². The van der Waals surface area contributed by atoms with Crippen LogP contribution in [0, 0.1) is 11.6 Å². The average molecular weight is 359 g/mol. The Morgan fingerprint density at radius 3 is 2.19 bits per heavy atom. The maximum Gasteiger partial charge on any atom is 0.319 e. The maximum atomic E-state index is 13.1. The molecule has 1 fully saturated rings. The molecule has 0 radical (unpaired) electrons. The molecule has 3 amide bonds. The number of aryl methyl sites for hydroxylation is 1. The molecular weight excluding hydrogens is 340 g/mol. The molecular formula is C19H19F2N3O2. The summed E-state index contributed by atoms with van der Waals surface area (Å²) in [6.45, 7) is 0. The van der Waals surface area contributed by atoms with E-state index in [0.717, 1.165) is 25.0 Å². The minimum absolute atomic E-state index is 0.148. The van der Waals surface area contributed by atoms with E-state index < -0.39 is 11.6 Å². The first-order chi connectivity index (χ1) is 12.5. The minimum atomic E-state index is -0.920. The van der Waals surface area contributed by atoms with Gasteiger partial charge in [0.25, 0.3) is 0 Å². The van der Waals surface area contributed by atoms with Crippen LogP contribution in [0.3, 0.4) is 0 Å². The van der Waals surface area contributed by atoms with E-state index in [1.165, 1.54) is 6.07 Å². The molecule has 0 aliphatic heterocycles. The first-order valence-corrected chi connectivity index (χ1v) is 8.41. The SMILES string of the molecule is O=C(CCc1ccc(F)c(F)c1)Nc1ccc(NC(=O)NC2CC2)cc1. The Bertz CT molecular complexity index is 805. The first-order valence-electron chi connectivity index (χ1n) is 8.41. The highest BCUT2D eigenvalue weighted by molar-refractivity contribution is 5.92. The Balaban J connectivity index is 1.46. The van der Waals surface area contributed by atoms with Crippen molar-refractivity contribution in [1.82, 2.24) is 5.32 Å². The second-order valence-corrected chi connectivity index (χ2v) is 6.25. The fourth-order valence-corrected chi connectivity index (χ4v) is 2.39. The second-order valence-electron chi connectivity index (χ2n) is 6.25. The van der Waals surface area contributed by atoms with Gasteiger partial charge < -0.3 is 16.0 Å². The fourth-order valence-electron chi connectivity index (χ4n) is 2.39. The molecule has 3 N–H and O–H groups in total. The van der Waals surface area contributed by atoms with Gasteiger partial charge in [-0.3, -0.25) is 4.79 Å². The third-order valence-corrected chi connectivity index (χ3v) is 3.96. The predicted molar refractivity (Wildman–Crippen MR) is 94.9 cm³/mol. The monoisotopic (exact) mass is 359 g/mol. The van der Waals surface area contributed by atoms with Crippen molar-refractivity contribution in [2.24, 2.45) is 0 Å². The summed E-state index contributed by atoms with van der Waals surface area (Å²) in [5, 5.41) is 8.27. The molecule has 0 heterocycles. The number of carbonyl (C=O) groups excluding carboxylic acids is 2.